The summed E-state index contributed by atoms with van der Waals surface area (Å²) in [6.45, 7) is 0.691. The zero-order chi connectivity index (χ0) is 23.5. The summed E-state index contributed by atoms with van der Waals surface area (Å²) < 4.78 is 25.7. The molecule has 0 saturated heterocycles. The number of hydrogen-bond acceptors (Lipinski definition) is 5. The number of halogens is 1. The van der Waals surface area contributed by atoms with Gasteiger partial charge in [0, 0.05) is 22.8 Å². The van der Waals surface area contributed by atoms with Gasteiger partial charge in [0.2, 0.25) is 0 Å². The SMILES string of the molecule is O=C(O)CCSC1c2ccccc2COc2ccc(OCc3ccc4ccc(F)cc4n3)cc21. The number of benzene rings is 3. The van der Waals surface area contributed by atoms with E-state index in [9.17, 15) is 9.18 Å². The molecule has 0 bridgehead atoms. The molecule has 1 aliphatic heterocycles. The van der Waals surface area contributed by atoms with Gasteiger partial charge in [-0.3, -0.25) is 4.79 Å². The molecule has 1 N–H and O–H groups in total. The van der Waals surface area contributed by atoms with Crippen LogP contribution in [0.25, 0.3) is 10.9 Å². The maximum Gasteiger partial charge on any atom is 0.304 e. The van der Waals surface area contributed by atoms with E-state index in [2.05, 4.69) is 11.1 Å². The Bertz CT molecular complexity index is 1360. The number of ether oxygens (including phenoxy) is 2. The van der Waals surface area contributed by atoms with Gasteiger partial charge in [-0.1, -0.05) is 30.3 Å². The quantitative estimate of drug-likeness (QED) is 0.346. The minimum absolute atomic E-state index is 0.0710. The monoisotopic (exact) mass is 475 g/mol. The van der Waals surface area contributed by atoms with Crippen molar-refractivity contribution < 1.29 is 23.8 Å². The number of rotatable bonds is 7. The molecule has 5 rings (SSSR count). The Kier molecular flexibility index (Phi) is 6.36. The number of carboxylic acid groups (broad SMARTS) is 1. The van der Waals surface area contributed by atoms with Crippen LogP contribution in [0.2, 0.25) is 0 Å². The molecular weight excluding hydrogens is 453 g/mol. The number of nitrogens with zero attached hydrogens (tertiary/aromatic N) is 1. The van der Waals surface area contributed by atoms with Crippen molar-refractivity contribution in [3.63, 3.8) is 0 Å². The summed E-state index contributed by atoms with van der Waals surface area (Å²) in [5.41, 5.74) is 4.44. The summed E-state index contributed by atoms with van der Waals surface area (Å²) in [5, 5.41) is 9.90. The van der Waals surface area contributed by atoms with E-state index >= 15 is 0 Å². The molecule has 0 saturated carbocycles. The largest absolute Gasteiger partial charge is 0.489 e. The Balaban J connectivity index is 1.41. The Labute approximate surface area is 200 Å². The molecular formula is C27H22FNO4S. The molecule has 5 nitrogen and oxygen atoms in total. The van der Waals surface area contributed by atoms with E-state index in [1.165, 1.54) is 12.1 Å². The molecule has 4 aromatic rings. The van der Waals surface area contributed by atoms with E-state index < -0.39 is 5.97 Å². The van der Waals surface area contributed by atoms with Gasteiger partial charge in [0.05, 0.1) is 22.9 Å². The highest BCUT2D eigenvalue weighted by atomic mass is 32.2. The smallest absolute Gasteiger partial charge is 0.304 e. The lowest BCUT2D eigenvalue weighted by Crippen LogP contribution is -2.04. The van der Waals surface area contributed by atoms with Gasteiger partial charge in [0.15, 0.2) is 0 Å². The number of carbonyl (C=O) groups is 1. The summed E-state index contributed by atoms with van der Waals surface area (Å²) in [6, 6.07) is 22.1. The highest BCUT2D eigenvalue weighted by molar-refractivity contribution is 7.99. The second kappa shape index (κ2) is 9.73. The van der Waals surface area contributed by atoms with Crippen molar-refractivity contribution in [2.75, 3.05) is 5.75 Å². The molecule has 0 aliphatic carbocycles. The lowest BCUT2D eigenvalue weighted by Gasteiger charge is -2.19. The van der Waals surface area contributed by atoms with Crippen LogP contribution in [0.4, 0.5) is 4.39 Å². The number of aliphatic carboxylic acids is 1. The standard InChI is InChI=1S/C27H22FNO4S/c28-19-7-5-17-6-8-20(29-24(17)13-19)16-32-21-9-10-25-23(14-21)27(34-12-11-26(30)31)22-4-2-1-3-18(22)15-33-25/h1-10,13-14,27H,11-12,15-16H2,(H,30,31). The minimum Gasteiger partial charge on any atom is -0.489 e. The van der Waals surface area contributed by atoms with Crippen LogP contribution in [0.1, 0.15) is 34.1 Å². The van der Waals surface area contributed by atoms with E-state index in [0.29, 0.717) is 29.3 Å². The zero-order valence-corrected chi connectivity index (χ0v) is 19.1. The van der Waals surface area contributed by atoms with Crippen molar-refractivity contribution in [3.05, 3.63) is 101 Å². The van der Waals surface area contributed by atoms with Crippen molar-refractivity contribution in [1.29, 1.82) is 0 Å². The Morgan fingerprint density at radius 2 is 1.94 bits per heavy atom. The number of pyridine rings is 1. The summed E-state index contributed by atoms with van der Waals surface area (Å²) in [7, 11) is 0. The van der Waals surface area contributed by atoms with Crippen LogP contribution in [0.15, 0.2) is 72.8 Å². The van der Waals surface area contributed by atoms with Gasteiger partial charge in [-0.2, -0.15) is 0 Å². The van der Waals surface area contributed by atoms with Crippen molar-refractivity contribution in [2.45, 2.75) is 24.9 Å². The normalized spacial score (nSPS) is 14.6. The molecule has 0 spiro atoms. The molecule has 0 fully saturated rings. The number of aromatic nitrogens is 1. The number of thioether (sulfide) groups is 1. The van der Waals surface area contributed by atoms with Gasteiger partial charge in [0.1, 0.15) is 30.5 Å². The summed E-state index contributed by atoms with van der Waals surface area (Å²) in [5.74, 6) is 0.764. The molecule has 0 amide bonds. The molecule has 1 unspecified atom stereocenters. The Morgan fingerprint density at radius 3 is 2.82 bits per heavy atom. The van der Waals surface area contributed by atoms with Crippen molar-refractivity contribution in [1.82, 2.24) is 4.98 Å². The summed E-state index contributed by atoms with van der Waals surface area (Å²) in [6.07, 6.45) is 0.0872. The van der Waals surface area contributed by atoms with Crippen LogP contribution >= 0.6 is 11.8 Å². The molecule has 2 heterocycles. The lowest BCUT2D eigenvalue weighted by molar-refractivity contribution is -0.136. The van der Waals surface area contributed by atoms with Crippen LogP contribution < -0.4 is 9.47 Å². The van der Waals surface area contributed by atoms with Gasteiger partial charge < -0.3 is 14.6 Å². The number of carboxylic acids is 1. The van der Waals surface area contributed by atoms with Crippen LogP contribution in [0.5, 0.6) is 11.5 Å². The zero-order valence-electron chi connectivity index (χ0n) is 18.2. The van der Waals surface area contributed by atoms with E-state index in [0.717, 1.165) is 27.8 Å². The maximum atomic E-state index is 13.6. The van der Waals surface area contributed by atoms with Gasteiger partial charge in [0.25, 0.3) is 0 Å². The van der Waals surface area contributed by atoms with E-state index in [1.807, 2.05) is 48.5 Å². The fraction of sp³-hybridized carbons (Fsp3) is 0.185. The molecule has 0 radical (unpaired) electrons. The predicted molar refractivity (Wildman–Crippen MR) is 130 cm³/mol. The highest BCUT2D eigenvalue weighted by Crippen LogP contribution is 2.45. The molecule has 3 aromatic carbocycles. The lowest BCUT2D eigenvalue weighted by atomic mass is 10.00. The number of hydrogen-bond donors (Lipinski definition) is 1. The third kappa shape index (κ3) is 4.84. The number of fused-ring (bicyclic) bond motifs is 3. The molecule has 1 atom stereocenters. The van der Waals surface area contributed by atoms with Gasteiger partial charge in [-0.05, 0) is 47.5 Å². The first-order valence-electron chi connectivity index (χ1n) is 10.9. The average molecular weight is 476 g/mol. The van der Waals surface area contributed by atoms with E-state index in [-0.39, 0.29) is 24.1 Å². The second-order valence-electron chi connectivity index (χ2n) is 8.01. The van der Waals surface area contributed by atoms with Crippen molar-refractivity contribution in [2.24, 2.45) is 0 Å². The summed E-state index contributed by atoms with van der Waals surface area (Å²) in [4.78, 5) is 15.6. The second-order valence-corrected chi connectivity index (χ2v) is 9.22. The van der Waals surface area contributed by atoms with Crippen LogP contribution in [0, 0.1) is 5.82 Å². The molecule has 1 aromatic heterocycles. The Hall–Kier alpha value is -3.58. The van der Waals surface area contributed by atoms with Crippen LogP contribution in [-0.4, -0.2) is 21.8 Å². The average Bonchev–Trinajstić information content (AvgIpc) is 2.99. The molecule has 172 valence electrons. The van der Waals surface area contributed by atoms with E-state index in [1.54, 1.807) is 17.8 Å². The highest BCUT2D eigenvalue weighted by Gasteiger charge is 2.26. The van der Waals surface area contributed by atoms with Gasteiger partial charge >= 0.3 is 5.97 Å². The Morgan fingerprint density at radius 1 is 1.09 bits per heavy atom. The topological polar surface area (TPSA) is 68.7 Å². The van der Waals surface area contributed by atoms with Crippen molar-refractivity contribution in [3.8, 4) is 11.5 Å². The first-order valence-corrected chi connectivity index (χ1v) is 12.0. The maximum absolute atomic E-state index is 13.6. The molecule has 1 aliphatic rings. The molecule has 7 heteroatoms. The van der Waals surface area contributed by atoms with Gasteiger partial charge in [-0.25, -0.2) is 9.37 Å². The fourth-order valence-corrected chi connectivity index (χ4v) is 5.31. The van der Waals surface area contributed by atoms with Crippen LogP contribution in [0.3, 0.4) is 0 Å². The first kappa shape index (κ1) is 22.2. The minimum atomic E-state index is -0.814. The van der Waals surface area contributed by atoms with E-state index in [4.69, 9.17) is 14.6 Å². The first-order chi connectivity index (χ1) is 16.6. The van der Waals surface area contributed by atoms with Crippen molar-refractivity contribution >= 4 is 28.6 Å². The third-order valence-corrected chi connectivity index (χ3v) is 6.96. The third-order valence-electron chi connectivity index (χ3n) is 5.68. The van der Waals surface area contributed by atoms with Gasteiger partial charge in [-0.15, -0.1) is 11.8 Å². The fourth-order valence-electron chi connectivity index (χ4n) is 4.01. The summed E-state index contributed by atoms with van der Waals surface area (Å²) >= 11 is 1.59. The molecule has 34 heavy (non-hydrogen) atoms. The predicted octanol–water partition coefficient (Wildman–Crippen LogP) is 6.14. The van der Waals surface area contributed by atoms with Crippen LogP contribution in [-0.2, 0) is 18.0 Å².